The van der Waals surface area contributed by atoms with Crippen molar-refractivity contribution in [3.63, 3.8) is 0 Å². The van der Waals surface area contributed by atoms with Gasteiger partial charge in [-0.3, -0.25) is 0 Å². The van der Waals surface area contributed by atoms with E-state index < -0.39 is 0 Å². The van der Waals surface area contributed by atoms with Gasteiger partial charge in [0.25, 0.3) is 0 Å². The van der Waals surface area contributed by atoms with Gasteiger partial charge in [0.05, 0.1) is 6.61 Å². The van der Waals surface area contributed by atoms with Crippen LogP contribution in [0, 0.1) is 0 Å². The molecule has 0 N–H and O–H groups in total. The summed E-state index contributed by atoms with van der Waals surface area (Å²) >= 11 is 0. The first-order chi connectivity index (χ1) is 13.4. The van der Waals surface area contributed by atoms with Crippen LogP contribution >= 0.6 is 0 Å². The van der Waals surface area contributed by atoms with E-state index in [1.807, 2.05) is 0 Å². The summed E-state index contributed by atoms with van der Waals surface area (Å²) in [6, 6.07) is 8.58. The van der Waals surface area contributed by atoms with Gasteiger partial charge in [-0.25, -0.2) is 0 Å². The Balaban J connectivity index is 1.37. The van der Waals surface area contributed by atoms with Crippen molar-refractivity contribution in [1.82, 2.24) is 0 Å². The van der Waals surface area contributed by atoms with Crippen LogP contribution in [0.1, 0.15) is 89.5 Å². The van der Waals surface area contributed by atoms with E-state index in [0.29, 0.717) is 12.7 Å². The van der Waals surface area contributed by atoms with Crippen molar-refractivity contribution in [2.75, 3.05) is 13.2 Å². The lowest BCUT2D eigenvalue weighted by atomic mass is 10.0. The summed E-state index contributed by atoms with van der Waals surface area (Å²) in [6.07, 6.45) is 22.5. The van der Waals surface area contributed by atoms with Gasteiger partial charge in [-0.1, -0.05) is 76.2 Å². The summed E-state index contributed by atoms with van der Waals surface area (Å²) in [4.78, 5) is 0. The van der Waals surface area contributed by atoms with Crippen LogP contribution in [0.25, 0.3) is 0 Å². The van der Waals surface area contributed by atoms with Gasteiger partial charge < -0.3 is 9.47 Å². The average molecular weight is 373 g/mol. The van der Waals surface area contributed by atoms with Crippen molar-refractivity contribution >= 4 is 0 Å². The Morgan fingerprint density at radius 1 is 0.852 bits per heavy atom. The molecule has 1 heterocycles. The van der Waals surface area contributed by atoms with Gasteiger partial charge in [-0.2, -0.15) is 0 Å². The largest absolute Gasteiger partial charge is 0.491 e. The molecule has 2 nitrogen and oxygen atoms in total. The summed E-state index contributed by atoms with van der Waals surface area (Å²) in [7, 11) is 0. The molecule has 1 aliphatic rings. The predicted octanol–water partition coefficient (Wildman–Crippen LogP) is 7.26. The van der Waals surface area contributed by atoms with Crippen molar-refractivity contribution in [2.45, 2.75) is 96.5 Å². The molecule has 27 heavy (non-hydrogen) atoms. The van der Waals surface area contributed by atoms with Crippen LogP contribution in [0.4, 0.5) is 0 Å². The average Bonchev–Trinajstić information content (AvgIpc) is 3.52. The molecule has 0 radical (unpaired) electrons. The molecule has 152 valence electrons. The third-order valence-corrected chi connectivity index (χ3v) is 5.24. The number of ether oxygens (including phenoxy) is 2. The van der Waals surface area contributed by atoms with Crippen LogP contribution in [0.3, 0.4) is 0 Å². The lowest BCUT2D eigenvalue weighted by molar-refractivity contribution is 0.263. The highest BCUT2D eigenvalue weighted by Gasteiger charge is 2.22. The van der Waals surface area contributed by atoms with Crippen LogP contribution in [0.15, 0.2) is 36.4 Å². The topological polar surface area (TPSA) is 21.8 Å². The first-order valence-electron chi connectivity index (χ1n) is 11.4. The van der Waals surface area contributed by atoms with E-state index in [1.54, 1.807) is 0 Å². The number of benzene rings is 1. The van der Waals surface area contributed by atoms with Crippen LogP contribution in [-0.2, 0) is 11.2 Å². The van der Waals surface area contributed by atoms with Crippen LogP contribution in [-0.4, -0.2) is 19.3 Å². The molecule has 2 heteroatoms. The fourth-order valence-electron chi connectivity index (χ4n) is 3.33. The van der Waals surface area contributed by atoms with Gasteiger partial charge in [0, 0.05) is 0 Å². The fourth-order valence-corrected chi connectivity index (χ4v) is 3.33. The maximum Gasteiger partial charge on any atom is 0.119 e. The smallest absolute Gasteiger partial charge is 0.119 e. The predicted molar refractivity (Wildman–Crippen MR) is 116 cm³/mol. The van der Waals surface area contributed by atoms with E-state index in [4.69, 9.17) is 9.47 Å². The molecule has 1 fully saturated rings. The number of hydrogen-bond donors (Lipinski definition) is 0. The third kappa shape index (κ3) is 11.9. The molecule has 2 rings (SSSR count). The molecule has 0 saturated carbocycles. The molecule has 0 amide bonds. The summed E-state index contributed by atoms with van der Waals surface area (Å²) in [5.41, 5.74) is 1.42. The molecule has 1 saturated heterocycles. The Kier molecular flexibility index (Phi) is 12.0. The lowest BCUT2D eigenvalue weighted by Crippen LogP contribution is -2.03. The third-order valence-electron chi connectivity index (χ3n) is 5.24. The Labute approximate surface area is 167 Å². The molecule has 1 aliphatic heterocycles. The second-order valence-electron chi connectivity index (χ2n) is 7.89. The Hall–Kier alpha value is -1.28. The second kappa shape index (κ2) is 14.7. The summed E-state index contributed by atoms with van der Waals surface area (Å²) in [5.74, 6) is 0.960. The highest BCUT2D eigenvalue weighted by atomic mass is 16.6. The normalized spacial score (nSPS) is 16.1. The van der Waals surface area contributed by atoms with E-state index >= 15 is 0 Å². The van der Waals surface area contributed by atoms with Gasteiger partial charge in [-0.05, 0) is 56.2 Å². The van der Waals surface area contributed by atoms with Crippen LogP contribution in [0.2, 0.25) is 0 Å². The summed E-state index contributed by atoms with van der Waals surface area (Å²) in [6.45, 7) is 3.82. The zero-order chi connectivity index (χ0) is 19.0. The molecule has 1 aromatic rings. The Bertz CT molecular complexity index is 488. The summed E-state index contributed by atoms with van der Waals surface area (Å²) < 4.78 is 10.8. The van der Waals surface area contributed by atoms with E-state index in [1.165, 1.54) is 89.0 Å². The molecule has 0 bridgehead atoms. The minimum Gasteiger partial charge on any atom is -0.491 e. The van der Waals surface area contributed by atoms with Gasteiger partial charge >= 0.3 is 0 Å². The molecule has 1 unspecified atom stereocenters. The molecule has 1 atom stereocenters. The first-order valence-corrected chi connectivity index (χ1v) is 11.4. The zero-order valence-corrected chi connectivity index (χ0v) is 17.5. The van der Waals surface area contributed by atoms with Crippen molar-refractivity contribution in [2.24, 2.45) is 0 Å². The quantitative estimate of drug-likeness (QED) is 0.163. The highest BCUT2D eigenvalue weighted by Crippen LogP contribution is 2.17. The van der Waals surface area contributed by atoms with Gasteiger partial charge in [0.2, 0.25) is 0 Å². The Morgan fingerprint density at radius 2 is 1.44 bits per heavy atom. The minimum atomic E-state index is 0.329. The second-order valence-corrected chi connectivity index (χ2v) is 7.89. The maximum atomic E-state index is 5.68. The summed E-state index contributed by atoms with van der Waals surface area (Å²) in [5, 5.41) is 0. The number of unbranched alkanes of at least 4 members (excludes halogenated alkanes) is 10. The van der Waals surface area contributed by atoms with Gasteiger partial charge in [0.15, 0.2) is 0 Å². The van der Waals surface area contributed by atoms with Crippen LogP contribution < -0.4 is 4.74 Å². The van der Waals surface area contributed by atoms with Crippen LogP contribution in [0.5, 0.6) is 5.75 Å². The number of allylic oxidation sites excluding steroid dienone is 2. The number of rotatable bonds is 17. The molecular formula is C25H40O2. The fraction of sp³-hybridized carbons (Fsp3) is 0.680. The molecular weight excluding hydrogens is 332 g/mol. The highest BCUT2D eigenvalue weighted by molar-refractivity contribution is 5.27. The number of aryl methyl sites for hydroxylation is 1. The maximum absolute atomic E-state index is 5.68. The van der Waals surface area contributed by atoms with Crippen molar-refractivity contribution < 1.29 is 9.47 Å². The van der Waals surface area contributed by atoms with Gasteiger partial charge in [-0.15, -0.1) is 0 Å². The lowest BCUT2D eigenvalue weighted by Gasteiger charge is -2.06. The molecule has 0 spiro atoms. The standard InChI is InChI=1S/C25H40O2/c1-2-3-4-5-6-7-8-9-10-11-12-13-14-15-16-23-17-19-24(20-18-23)26-21-25-22-27-25/h9-10,17-20,25H,2-8,11-16,21-22H2,1H3/b10-9+. The van der Waals surface area contributed by atoms with E-state index in [2.05, 4.69) is 43.3 Å². The molecule has 0 aliphatic carbocycles. The van der Waals surface area contributed by atoms with Crippen molar-refractivity contribution in [3.05, 3.63) is 42.0 Å². The molecule has 1 aromatic carbocycles. The SMILES string of the molecule is CCCCCCCC/C=C/CCCCCCc1ccc(OCC2CO2)cc1. The van der Waals surface area contributed by atoms with E-state index in [-0.39, 0.29) is 0 Å². The minimum absolute atomic E-state index is 0.329. The van der Waals surface area contributed by atoms with Crippen molar-refractivity contribution in [1.29, 1.82) is 0 Å². The van der Waals surface area contributed by atoms with E-state index in [9.17, 15) is 0 Å². The number of hydrogen-bond acceptors (Lipinski definition) is 2. The zero-order valence-electron chi connectivity index (χ0n) is 17.5. The number of epoxide rings is 1. The first kappa shape index (κ1) is 22.0. The monoisotopic (exact) mass is 372 g/mol. The van der Waals surface area contributed by atoms with Crippen molar-refractivity contribution in [3.8, 4) is 5.75 Å². The molecule has 0 aromatic heterocycles. The Morgan fingerprint density at radius 3 is 2.07 bits per heavy atom. The van der Waals surface area contributed by atoms with E-state index in [0.717, 1.165) is 12.4 Å². The van der Waals surface area contributed by atoms with Gasteiger partial charge in [0.1, 0.15) is 18.5 Å².